The molecule has 1 aromatic carbocycles. The zero-order chi connectivity index (χ0) is 24.5. The first-order valence-electron chi connectivity index (χ1n) is 11.5. The van der Waals surface area contributed by atoms with Crippen molar-refractivity contribution >= 4 is 17.4 Å². The maximum atomic E-state index is 15.3. The molecule has 0 unspecified atom stereocenters. The van der Waals surface area contributed by atoms with Crippen LogP contribution < -0.4 is 10.1 Å². The molecule has 3 heterocycles. The summed E-state index contributed by atoms with van der Waals surface area (Å²) in [5.41, 5.74) is 0.335. The van der Waals surface area contributed by atoms with Gasteiger partial charge in [-0.15, -0.1) is 0 Å². The summed E-state index contributed by atoms with van der Waals surface area (Å²) in [6.07, 6.45) is 3.87. The van der Waals surface area contributed by atoms with Crippen LogP contribution in [-0.4, -0.2) is 39.8 Å². The van der Waals surface area contributed by atoms with Gasteiger partial charge in [0.15, 0.2) is 0 Å². The number of amides is 2. The van der Waals surface area contributed by atoms with Crippen molar-refractivity contribution in [3.05, 3.63) is 53.2 Å². The van der Waals surface area contributed by atoms with Gasteiger partial charge in [-0.3, -0.25) is 14.3 Å². The molecule has 0 bridgehead atoms. The average Bonchev–Trinajstić information content (AvgIpc) is 3.43. The van der Waals surface area contributed by atoms with Crippen molar-refractivity contribution < 1.29 is 18.7 Å². The van der Waals surface area contributed by atoms with Crippen molar-refractivity contribution in [2.75, 3.05) is 13.2 Å². The Kier molecular flexibility index (Phi) is 6.49. The number of rotatable bonds is 8. The summed E-state index contributed by atoms with van der Waals surface area (Å²) < 4.78 is 22.6. The molecule has 0 spiro atoms. The number of unbranched alkanes of at least 4 members (excludes halogenated alkanes) is 1. The molecule has 1 atom stereocenters. The molecule has 10 heteroatoms. The second-order valence-electron chi connectivity index (χ2n) is 9.00. The molecule has 0 aliphatic carbocycles. The van der Waals surface area contributed by atoms with Crippen LogP contribution >= 0.6 is 0 Å². The number of ether oxygens (including phenoxy) is 1. The van der Waals surface area contributed by atoms with Crippen LogP contribution in [0.15, 0.2) is 46.5 Å². The third-order valence-corrected chi connectivity index (χ3v) is 5.98. The van der Waals surface area contributed by atoms with Gasteiger partial charge in [0.05, 0.1) is 17.8 Å². The second kappa shape index (κ2) is 9.36. The van der Waals surface area contributed by atoms with Gasteiger partial charge < -0.3 is 10.1 Å². The molecule has 2 aromatic rings. The number of hydrogen-bond acceptors (Lipinski definition) is 6. The summed E-state index contributed by atoms with van der Waals surface area (Å²) in [4.78, 5) is 25.7. The van der Waals surface area contributed by atoms with E-state index in [1.807, 2.05) is 20.0 Å². The SMILES string of the molecule is CCCCOc1ccc([C@]2(C)CC(c3ccn(C(C)C)n3)=C(N3N=NCC3=O)C(=O)N2)c(F)c1. The lowest BCUT2D eigenvalue weighted by Crippen LogP contribution is -2.51. The van der Waals surface area contributed by atoms with E-state index in [0.717, 1.165) is 17.9 Å². The summed E-state index contributed by atoms with van der Waals surface area (Å²) in [5, 5.41) is 16.1. The van der Waals surface area contributed by atoms with Gasteiger partial charge in [-0.25, -0.2) is 4.39 Å². The average molecular weight is 469 g/mol. The summed E-state index contributed by atoms with van der Waals surface area (Å²) in [7, 11) is 0. The first kappa shape index (κ1) is 23.6. The van der Waals surface area contributed by atoms with Gasteiger partial charge in [0.1, 0.15) is 23.8 Å². The van der Waals surface area contributed by atoms with Crippen molar-refractivity contribution in [1.29, 1.82) is 0 Å². The number of benzene rings is 1. The van der Waals surface area contributed by atoms with Crippen molar-refractivity contribution in [2.24, 2.45) is 10.3 Å². The van der Waals surface area contributed by atoms with E-state index in [0.29, 0.717) is 29.2 Å². The third-order valence-electron chi connectivity index (χ3n) is 5.98. The van der Waals surface area contributed by atoms with Gasteiger partial charge >= 0.3 is 0 Å². The standard InChI is InChI=1S/C24H29FN6O3/c1-5-6-11-34-16-7-8-18(19(25)12-16)24(4)13-17(20-9-10-30(28-20)15(2)3)22(23(33)27-24)31-21(32)14-26-29-31/h7-10,12,15H,5-6,11,13-14H2,1-4H3,(H,27,33)/t24-/m0/s1. The van der Waals surface area contributed by atoms with E-state index >= 15 is 4.39 Å². The Labute approximate surface area is 197 Å². The van der Waals surface area contributed by atoms with Crippen molar-refractivity contribution in [3.63, 3.8) is 0 Å². The number of nitrogens with one attached hydrogen (secondary N) is 1. The normalized spacial score (nSPS) is 20.5. The van der Waals surface area contributed by atoms with Gasteiger partial charge in [0.2, 0.25) is 0 Å². The number of aromatic nitrogens is 2. The Morgan fingerprint density at radius 1 is 1.26 bits per heavy atom. The van der Waals surface area contributed by atoms with E-state index in [1.165, 1.54) is 6.07 Å². The highest BCUT2D eigenvalue weighted by Gasteiger charge is 2.43. The molecule has 0 saturated carbocycles. The molecule has 0 fully saturated rings. The molecule has 2 aliphatic rings. The Morgan fingerprint density at radius 2 is 2.06 bits per heavy atom. The Morgan fingerprint density at radius 3 is 2.68 bits per heavy atom. The maximum Gasteiger partial charge on any atom is 0.272 e. The van der Waals surface area contributed by atoms with Crippen LogP contribution in [0.25, 0.3) is 5.57 Å². The van der Waals surface area contributed by atoms with E-state index in [4.69, 9.17) is 4.74 Å². The largest absolute Gasteiger partial charge is 0.493 e. The highest BCUT2D eigenvalue weighted by Crippen LogP contribution is 2.41. The van der Waals surface area contributed by atoms with Gasteiger partial charge in [-0.1, -0.05) is 24.6 Å². The van der Waals surface area contributed by atoms with Gasteiger partial charge in [0, 0.05) is 35.9 Å². The molecule has 1 N–H and O–H groups in total. The predicted octanol–water partition coefficient (Wildman–Crippen LogP) is 4.14. The molecule has 180 valence electrons. The van der Waals surface area contributed by atoms with Crippen molar-refractivity contribution in [1.82, 2.24) is 20.1 Å². The van der Waals surface area contributed by atoms with Crippen LogP contribution in [0.4, 0.5) is 4.39 Å². The molecular formula is C24H29FN6O3. The van der Waals surface area contributed by atoms with Crippen LogP contribution in [0.1, 0.15) is 64.3 Å². The first-order chi connectivity index (χ1) is 16.2. The minimum Gasteiger partial charge on any atom is -0.493 e. The summed E-state index contributed by atoms with van der Waals surface area (Å²) in [5.74, 6) is -0.992. The summed E-state index contributed by atoms with van der Waals surface area (Å²) in [6, 6.07) is 6.57. The smallest absolute Gasteiger partial charge is 0.272 e. The van der Waals surface area contributed by atoms with Gasteiger partial charge in [-0.05, 0) is 39.3 Å². The van der Waals surface area contributed by atoms with E-state index < -0.39 is 23.2 Å². The van der Waals surface area contributed by atoms with Crippen molar-refractivity contribution in [2.45, 2.75) is 58.5 Å². The van der Waals surface area contributed by atoms with Gasteiger partial charge in [-0.2, -0.15) is 15.2 Å². The fraction of sp³-hybridized carbons (Fsp3) is 0.458. The minimum atomic E-state index is -1.08. The highest BCUT2D eigenvalue weighted by molar-refractivity contribution is 6.06. The van der Waals surface area contributed by atoms with Crippen LogP contribution in [0.5, 0.6) is 5.75 Å². The van der Waals surface area contributed by atoms with Crippen LogP contribution in [0, 0.1) is 5.82 Å². The maximum absolute atomic E-state index is 15.3. The van der Waals surface area contributed by atoms with E-state index in [2.05, 4.69) is 27.7 Å². The molecule has 9 nitrogen and oxygen atoms in total. The molecule has 2 amide bonds. The highest BCUT2D eigenvalue weighted by atomic mass is 19.1. The Bertz CT molecular complexity index is 1170. The molecule has 34 heavy (non-hydrogen) atoms. The van der Waals surface area contributed by atoms with E-state index in [9.17, 15) is 9.59 Å². The van der Waals surface area contributed by atoms with Crippen molar-refractivity contribution in [3.8, 4) is 5.75 Å². The summed E-state index contributed by atoms with van der Waals surface area (Å²) >= 11 is 0. The van der Waals surface area contributed by atoms with Gasteiger partial charge in [0.25, 0.3) is 11.8 Å². The molecule has 2 aliphatic heterocycles. The quantitative estimate of drug-likeness (QED) is 0.589. The third kappa shape index (κ3) is 4.44. The zero-order valence-electron chi connectivity index (χ0n) is 19.8. The lowest BCUT2D eigenvalue weighted by Gasteiger charge is -2.38. The number of carbonyl (C=O) groups excluding carboxylic acids is 2. The molecule has 0 radical (unpaired) electrons. The number of carbonyl (C=O) groups is 2. The van der Waals surface area contributed by atoms with Crippen LogP contribution in [-0.2, 0) is 15.1 Å². The lowest BCUT2D eigenvalue weighted by atomic mass is 9.80. The number of nitrogens with zero attached hydrogens (tertiary/aromatic N) is 5. The molecule has 0 saturated heterocycles. The topological polar surface area (TPSA) is 101 Å². The monoisotopic (exact) mass is 468 g/mol. The number of hydrogen-bond donors (Lipinski definition) is 1. The zero-order valence-corrected chi connectivity index (χ0v) is 19.8. The lowest BCUT2D eigenvalue weighted by molar-refractivity contribution is -0.130. The molecule has 4 rings (SSSR count). The fourth-order valence-electron chi connectivity index (χ4n) is 4.12. The van der Waals surface area contributed by atoms with Crippen LogP contribution in [0.3, 0.4) is 0 Å². The molecule has 1 aromatic heterocycles. The molecular weight excluding hydrogens is 439 g/mol. The Balaban J connectivity index is 1.74. The fourth-order valence-corrected chi connectivity index (χ4v) is 4.12. The second-order valence-corrected chi connectivity index (χ2v) is 9.00. The number of halogens is 1. The minimum absolute atomic E-state index is 0.0673. The Hall–Kier alpha value is -3.56. The van der Waals surface area contributed by atoms with Crippen LogP contribution in [0.2, 0.25) is 0 Å². The first-order valence-corrected chi connectivity index (χ1v) is 11.5. The summed E-state index contributed by atoms with van der Waals surface area (Å²) in [6.45, 7) is 8.17. The predicted molar refractivity (Wildman–Crippen MR) is 123 cm³/mol. The van der Waals surface area contributed by atoms with E-state index in [1.54, 1.807) is 29.8 Å². The van der Waals surface area contributed by atoms with E-state index in [-0.39, 0.29) is 24.7 Å².